The van der Waals surface area contributed by atoms with Gasteiger partial charge in [0.05, 0.1) is 5.60 Å². The van der Waals surface area contributed by atoms with Gasteiger partial charge >= 0.3 is 0 Å². The lowest BCUT2D eigenvalue weighted by Gasteiger charge is -2.37. The molecule has 2 unspecified atom stereocenters. The zero-order valence-electron chi connectivity index (χ0n) is 10.8. The van der Waals surface area contributed by atoms with Crippen molar-refractivity contribution in [3.05, 3.63) is 0 Å². The summed E-state index contributed by atoms with van der Waals surface area (Å²) < 4.78 is 5.88. The van der Waals surface area contributed by atoms with Gasteiger partial charge in [0.1, 0.15) is 0 Å². The molecule has 2 atom stereocenters. The Morgan fingerprint density at radius 3 is 3.00 bits per heavy atom. The molecule has 0 aromatic heterocycles. The first kappa shape index (κ1) is 12.3. The number of hydrogen-bond donors (Lipinski definition) is 1. The molecule has 2 rings (SSSR count). The Morgan fingerprint density at radius 2 is 2.31 bits per heavy atom. The van der Waals surface area contributed by atoms with E-state index in [1.54, 1.807) is 0 Å². The minimum Gasteiger partial charge on any atom is -0.374 e. The van der Waals surface area contributed by atoms with Gasteiger partial charge in [0.2, 0.25) is 0 Å². The number of ether oxygens (including phenoxy) is 1. The molecule has 2 aliphatic rings. The van der Waals surface area contributed by atoms with Crippen molar-refractivity contribution in [1.29, 1.82) is 0 Å². The number of piperidine rings is 1. The standard InChI is InChI=1S/C13H26N2O/c1-3-14-12-6-4-8-15(10-12)11-13(2)7-5-9-16-13/h12,14H,3-11H2,1-2H3. The van der Waals surface area contributed by atoms with Crippen LogP contribution in [0.1, 0.15) is 39.5 Å². The van der Waals surface area contributed by atoms with Crippen LogP contribution in [0.25, 0.3) is 0 Å². The van der Waals surface area contributed by atoms with Crippen LogP contribution in [0, 0.1) is 0 Å². The molecular weight excluding hydrogens is 200 g/mol. The molecule has 2 heterocycles. The smallest absolute Gasteiger partial charge is 0.0781 e. The third-order valence-electron chi connectivity index (χ3n) is 3.86. The molecular formula is C13H26N2O. The summed E-state index contributed by atoms with van der Waals surface area (Å²) in [6.07, 6.45) is 5.13. The summed E-state index contributed by atoms with van der Waals surface area (Å²) >= 11 is 0. The van der Waals surface area contributed by atoms with Crippen LogP contribution in [0.3, 0.4) is 0 Å². The molecule has 2 saturated heterocycles. The highest BCUT2D eigenvalue weighted by Gasteiger charge is 2.33. The van der Waals surface area contributed by atoms with Crippen LogP contribution in [0.4, 0.5) is 0 Å². The van der Waals surface area contributed by atoms with E-state index in [0.717, 1.165) is 19.7 Å². The molecule has 3 heteroatoms. The number of nitrogens with one attached hydrogen (secondary N) is 1. The first-order chi connectivity index (χ1) is 7.72. The van der Waals surface area contributed by atoms with Crippen molar-refractivity contribution in [3.8, 4) is 0 Å². The molecule has 3 nitrogen and oxygen atoms in total. The Bertz CT molecular complexity index is 212. The lowest BCUT2D eigenvalue weighted by Crippen LogP contribution is -2.50. The second-order valence-corrected chi connectivity index (χ2v) is 5.53. The van der Waals surface area contributed by atoms with Crippen LogP contribution in [0.15, 0.2) is 0 Å². The van der Waals surface area contributed by atoms with Gasteiger partial charge in [-0.05, 0) is 45.7 Å². The summed E-state index contributed by atoms with van der Waals surface area (Å²) in [6.45, 7) is 10.1. The molecule has 0 saturated carbocycles. The zero-order chi connectivity index (χ0) is 11.4. The number of nitrogens with zero attached hydrogens (tertiary/aromatic N) is 1. The maximum Gasteiger partial charge on any atom is 0.0781 e. The van der Waals surface area contributed by atoms with Crippen molar-refractivity contribution in [1.82, 2.24) is 10.2 Å². The molecule has 94 valence electrons. The van der Waals surface area contributed by atoms with Crippen molar-refractivity contribution < 1.29 is 4.74 Å². The van der Waals surface area contributed by atoms with E-state index in [4.69, 9.17) is 4.74 Å². The summed E-state index contributed by atoms with van der Waals surface area (Å²) in [5.41, 5.74) is 0.133. The quantitative estimate of drug-likeness (QED) is 0.788. The molecule has 1 N–H and O–H groups in total. The summed E-state index contributed by atoms with van der Waals surface area (Å²) in [5, 5.41) is 3.57. The molecule has 0 amide bonds. The van der Waals surface area contributed by atoms with Crippen molar-refractivity contribution in [2.45, 2.75) is 51.2 Å². The second kappa shape index (κ2) is 5.48. The Labute approximate surface area is 99.5 Å². The molecule has 0 spiro atoms. The van der Waals surface area contributed by atoms with Crippen LogP contribution in [0.5, 0.6) is 0 Å². The van der Waals surface area contributed by atoms with E-state index in [1.165, 1.54) is 38.8 Å². The Morgan fingerprint density at radius 1 is 1.44 bits per heavy atom. The van der Waals surface area contributed by atoms with Crippen LogP contribution < -0.4 is 5.32 Å². The molecule has 0 radical (unpaired) electrons. The van der Waals surface area contributed by atoms with Crippen LogP contribution >= 0.6 is 0 Å². The van der Waals surface area contributed by atoms with Gasteiger partial charge in [-0.3, -0.25) is 4.90 Å². The maximum absolute atomic E-state index is 5.88. The third kappa shape index (κ3) is 3.19. The summed E-state index contributed by atoms with van der Waals surface area (Å²) in [6, 6.07) is 0.698. The topological polar surface area (TPSA) is 24.5 Å². The predicted octanol–water partition coefficient (Wildman–Crippen LogP) is 1.63. The minimum atomic E-state index is 0.133. The molecule has 2 aliphatic heterocycles. The Kier molecular flexibility index (Phi) is 4.22. The van der Waals surface area contributed by atoms with E-state index in [2.05, 4.69) is 24.1 Å². The molecule has 0 aromatic carbocycles. The van der Waals surface area contributed by atoms with Crippen molar-refractivity contribution in [3.63, 3.8) is 0 Å². The van der Waals surface area contributed by atoms with Gasteiger partial charge < -0.3 is 10.1 Å². The van der Waals surface area contributed by atoms with Gasteiger partial charge in [-0.1, -0.05) is 6.92 Å². The lowest BCUT2D eigenvalue weighted by molar-refractivity contribution is -0.0152. The normalized spacial score (nSPS) is 36.8. The van der Waals surface area contributed by atoms with Gasteiger partial charge in [0.15, 0.2) is 0 Å². The van der Waals surface area contributed by atoms with E-state index < -0.39 is 0 Å². The average molecular weight is 226 g/mol. The van der Waals surface area contributed by atoms with Crippen LogP contribution in [0.2, 0.25) is 0 Å². The van der Waals surface area contributed by atoms with Crippen molar-refractivity contribution >= 4 is 0 Å². The van der Waals surface area contributed by atoms with E-state index in [-0.39, 0.29) is 5.60 Å². The minimum absolute atomic E-state index is 0.133. The number of likely N-dealkylation sites (N-methyl/N-ethyl adjacent to an activating group) is 1. The lowest BCUT2D eigenvalue weighted by atomic mass is 9.99. The van der Waals surface area contributed by atoms with E-state index in [1.807, 2.05) is 0 Å². The van der Waals surface area contributed by atoms with Gasteiger partial charge in [-0.15, -0.1) is 0 Å². The summed E-state index contributed by atoms with van der Waals surface area (Å²) in [4.78, 5) is 2.59. The van der Waals surface area contributed by atoms with Crippen molar-refractivity contribution in [2.24, 2.45) is 0 Å². The fourth-order valence-corrected chi connectivity index (χ4v) is 3.09. The SMILES string of the molecule is CCNC1CCCN(CC2(C)CCCO2)C1. The summed E-state index contributed by atoms with van der Waals surface area (Å²) in [7, 11) is 0. The first-order valence-electron chi connectivity index (χ1n) is 6.81. The maximum atomic E-state index is 5.88. The molecule has 0 aromatic rings. The van der Waals surface area contributed by atoms with Gasteiger partial charge in [-0.25, -0.2) is 0 Å². The van der Waals surface area contributed by atoms with Crippen LogP contribution in [-0.2, 0) is 4.74 Å². The van der Waals surface area contributed by atoms with Gasteiger partial charge in [0.25, 0.3) is 0 Å². The predicted molar refractivity (Wildman–Crippen MR) is 66.7 cm³/mol. The van der Waals surface area contributed by atoms with Gasteiger partial charge in [0, 0.05) is 25.7 Å². The molecule has 0 aliphatic carbocycles. The monoisotopic (exact) mass is 226 g/mol. The van der Waals surface area contributed by atoms with E-state index >= 15 is 0 Å². The number of rotatable bonds is 4. The zero-order valence-corrected chi connectivity index (χ0v) is 10.8. The average Bonchev–Trinajstić information content (AvgIpc) is 2.66. The molecule has 16 heavy (non-hydrogen) atoms. The van der Waals surface area contributed by atoms with Crippen molar-refractivity contribution in [2.75, 3.05) is 32.8 Å². The highest BCUT2D eigenvalue weighted by molar-refractivity contribution is 4.87. The number of hydrogen-bond acceptors (Lipinski definition) is 3. The highest BCUT2D eigenvalue weighted by Crippen LogP contribution is 2.27. The largest absolute Gasteiger partial charge is 0.374 e. The van der Waals surface area contributed by atoms with Crippen LogP contribution in [-0.4, -0.2) is 49.3 Å². The van der Waals surface area contributed by atoms with E-state index in [0.29, 0.717) is 6.04 Å². The molecule has 2 fully saturated rings. The fraction of sp³-hybridized carbons (Fsp3) is 1.00. The van der Waals surface area contributed by atoms with E-state index in [9.17, 15) is 0 Å². The Hall–Kier alpha value is -0.120. The third-order valence-corrected chi connectivity index (χ3v) is 3.86. The fourth-order valence-electron chi connectivity index (χ4n) is 3.09. The second-order valence-electron chi connectivity index (χ2n) is 5.53. The number of likely N-dealkylation sites (tertiary alicyclic amines) is 1. The highest BCUT2D eigenvalue weighted by atomic mass is 16.5. The first-order valence-corrected chi connectivity index (χ1v) is 6.81. The van der Waals surface area contributed by atoms with Gasteiger partial charge in [-0.2, -0.15) is 0 Å². The molecule has 0 bridgehead atoms. The Balaban J connectivity index is 1.80. The summed E-state index contributed by atoms with van der Waals surface area (Å²) in [5.74, 6) is 0.